The van der Waals surface area contributed by atoms with Crippen molar-refractivity contribution in [1.82, 2.24) is 0 Å². The molecule has 46 heavy (non-hydrogen) atoms. The van der Waals surface area contributed by atoms with Crippen LogP contribution in [0.25, 0.3) is 32.7 Å². The predicted molar refractivity (Wildman–Crippen MR) is 181 cm³/mol. The minimum absolute atomic E-state index is 0.0722. The number of rotatable bonds is 3. The predicted octanol–water partition coefficient (Wildman–Crippen LogP) is 11.0. The van der Waals surface area contributed by atoms with Gasteiger partial charge in [-0.05, 0) is 78.7 Å². The molecule has 1 nitrogen and oxygen atoms in total. The Kier molecular flexibility index (Phi) is 5.77. The molecule has 0 bridgehead atoms. The van der Waals surface area contributed by atoms with Gasteiger partial charge in [-0.1, -0.05) is 133 Å². The Morgan fingerprint density at radius 2 is 1.22 bits per heavy atom. The summed E-state index contributed by atoms with van der Waals surface area (Å²) in [5, 5.41) is 4.65. The van der Waals surface area contributed by atoms with Crippen LogP contribution in [0.4, 0.5) is 24.5 Å². The van der Waals surface area contributed by atoms with Gasteiger partial charge in [-0.3, -0.25) is 0 Å². The number of benzene rings is 7. The molecule has 7 aromatic carbocycles. The van der Waals surface area contributed by atoms with Gasteiger partial charge in [0.05, 0.1) is 5.41 Å². The zero-order valence-electron chi connectivity index (χ0n) is 24.8. The van der Waals surface area contributed by atoms with Crippen molar-refractivity contribution in [3.05, 3.63) is 179 Å². The van der Waals surface area contributed by atoms with Crippen LogP contribution in [0.15, 0.2) is 152 Å². The second-order valence-corrected chi connectivity index (χ2v) is 12.3. The first-order chi connectivity index (χ1) is 22.5. The molecular weight excluding hydrogens is 575 g/mol. The summed E-state index contributed by atoms with van der Waals surface area (Å²) in [5.41, 5.74) is 7.58. The van der Waals surface area contributed by atoms with E-state index in [4.69, 9.17) is 0 Å². The number of hydrogen-bond donors (Lipinski definition) is 0. The highest BCUT2D eigenvalue weighted by molar-refractivity contribution is 6.14. The molecule has 1 aliphatic carbocycles. The first kappa shape index (κ1) is 27.0. The van der Waals surface area contributed by atoms with Crippen LogP contribution in [0.1, 0.15) is 27.8 Å². The average Bonchev–Trinajstić information content (AvgIpc) is 3.64. The summed E-state index contributed by atoms with van der Waals surface area (Å²) >= 11 is 0. The monoisotopic (exact) mass is 603 g/mol. The molecule has 1 aliphatic heterocycles. The van der Waals surface area contributed by atoms with E-state index in [-0.39, 0.29) is 6.42 Å². The third-order valence-electron chi connectivity index (χ3n) is 10.1. The summed E-state index contributed by atoms with van der Waals surface area (Å²) in [6.07, 6.45) is -4.47. The fourth-order valence-electron chi connectivity index (χ4n) is 8.18. The van der Waals surface area contributed by atoms with Gasteiger partial charge in [-0.15, -0.1) is 0 Å². The molecule has 0 saturated carbocycles. The molecule has 0 amide bonds. The van der Waals surface area contributed by atoms with Crippen LogP contribution < -0.4 is 4.90 Å². The molecule has 1 heterocycles. The topological polar surface area (TPSA) is 3.24 Å². The van der Waals surface area contributed by atoms with Crippen LogP contribution in [0.5, 0.6) is 0 Å². The second kappa shape index (κ2) is 9.82. The zero-order chi connectivity index (χ0) is 31.0. The fraction of sp³-hybridized carbons (Fsp3) is 0.0952. The van der Waals surface area contributed by atoms with Crippen LogP contribution in [0.3, 0.4) is 0 Å². The summed E-state index contributed by atoms with van der Waals surface area (Å²) < 4.78 is 44.1. The molecule has 0 aromatic heterocycles. The van der Waals surface area contributed by atoms with Gasteiger partial charge in [0, 0.05) is 17.8 Å². The maximum Gasteiger partial charge on any atom is 0.409 e. The lowest BCUT2D eigenvalue weighted by atomic mass is 9.67. The van der Waals surface area contributed by atoms with Gasteiger partial charge in [0.25, 0.3) is 0 Å². The van der Waals surface area contributed by atoms with Gasteiger partial charge < -0.3 is 4.90 Å². The molecule has 0 saturated heterocycles. The normalized spacial score (nSPS) is 16.4. The lowest BCUT2D eigenvalue weighted by Crippen LogP contribution is -2.41. The summed E-state index contributed by atoms with van der Waals surface area (Å²) in [7, 11) is 0. The molecule has 0 fully saturated rings. The fourth-order valence-corrected chi connectivity index (χ4v) is 8.18. The molecule has 1 unspecified atom stereocenters. The lowest BCUT2D eigenvalue weighted by Gasteiger charge is -2.35. The van der Waals surface area contributed by atoms with Gasteiger partial charge >= 0.3 is 6.18 Å². The molecule has 7 aromatic rings. The van der Waals surface area contributed by atoms with Crippen molar-refractivity contribution in [2.75, 3.05) is 4.90 Å². The minimum Gasteiger partial charge on any atom is -0.329 e. The highest BCUT2D eigenvalue weighted by atomic mass is 19.4. The first-order valence-corrected chi connectivity index (χ1v) is 15.6. The first-order valence-electron chi connectivity index (χ1n) is 15.6. The maximum absolute atomic E-state index is 14.7. The van der Waals surface area contributed by atoms with Crippen molar-refractivity contribution in [1.29, 1.82) is 0 Å². The summed E-state index contributed by atoms with van der Waals surface area (Å²) in [6, 6.07) is 49.6. The van der Waals surface area contributed by atoms with E-state index in [1.807, 2.05) is 72.8 Å². The van der Waals surface area contributed by atoms with E-state index < -0.39 is 17.6 Å². The van der Waals surface area contributed by atoms with Gasteiger partial charge in [-0.25, -0.2) is 0 Å². The molecular formula is C42H28F3N. The van der Waals surface area contributed by atoms with Crippen molar-refractivity contribution >= 4 is 32.9 Å². The second-order valence-electron chi connectivity index (χ2n) is 12.3. The Labute approximate surface area is 265 Å². The van der Waals surface area contributed by atoms with Crippen molar-refractivity contribution < 1.29 is 13.2 Å². The quantitative estimate of drug-likeness (QED) is 0.182. The Morgan fingerprint density at radius 3 is 1.96 bits per heavy atom. The van der Waals surface area contributed by atoms with Crippen LogP contribution in [-0.2, 0) is 11.8 Å². The Balaban J connectivity index is 1.40. The van der Waals surface area contributed by atoms with E-state index in [1.54, 1.807) is 0 Å². The van der Waals surface area contributed by atoms with Crippen LogP contribution in [0.2, 0.25) is 0 Å². The number of halogens is 3. The van der Waals surface area contributed by atoms with E-state index in [0.717, 1.165) is 44.2 Å². The molecule has 1 atom stereocenters. The van der Waals surface area contributed by atoms with Crippen molar-refractivity contribution in [2.45, 2.75) is 24.1 Å². The van der Waals surface area contributed by atoms with Crippen LogP contribution >= 0.6 is 0 Å². The molecule has 9 rings (SSSR count). The Hall–Kier alpha value is -5.35. The summed E-state index contributed by atoms with van der Waals surface area (Å²) in [6.45, 7) is 0. The lowest BCUT2D eigenvalue weighted by molar-refractivity contribution is -0.145. The van der Waals surface area contributed by atoms with E-state index in [0.29, 0.717) is 16.9 Å². The largest absolute Gasteiger partial charge is 0.409 e. The van der Waals surface area contributed by atoms with E-state index in [9.17, 15) is 13.2 Å². The number of hydrogen-bond acceptors (Lipinski definition) is 1. The Morgan fingerprint density at radius 1 is 0.565 bits per heavy atom. The average molecular weight is 604 g/mol. The van der Waals surface area contributed by atoms with Gasteiger partial charge in [0.2, 0.25) is 0 Å². The number of nitrogens with zero attached hydrogens (tertiary/aromatic N) is 1. The number of alkyl halides is 3. The maximum atomic E-state index is 14.7. The van der Waals surface area contributed by atoms with Crippen molar-refractivity contribution in [2.24, 2.45) is 0 Å². The van der Waals surface area contributed by atoms with Gasteiger partial charge in [0.15, 0.2) is 0 Å². The molecule has 222 valence electrons. The molecule has 0 radical (unpaired) electrons. The van der Waals surface area contributed by atoms with E-state index in [2.05, 4.69) is 78.9 Å². The molecule has 0 spiro atoms. The summed E-state index contributed by atoms with van der Waals surface area (Å²) in [4.78, 5) is 1.50. The van der Waals surface area contributed by atoms with E-state index in [1.165, 1.54) is 15.7 Å². The minimum atomic E-state index is -4.39. The molecule has 4 heteroatoms. The van der Waals surface area contributed by atoms with Crippen LogP contribution in [0, 0.1) is 0 Å². The molecule has 2 aliphatic rings. The highest BCUT2D eigenvalue weighted by Gasteiger charge is 2.50. The van der Waals surface area contributed by atoms with E-state index >= 15 is 0 Å². The van der Waals surface area contributed by atoms with Gasteiger partial charge in [0.1, 0.15) is 6.04 Å². The number of anilines is 2. The summed E-state index contributed by atoms with van der Waals surface area (Å²) in [5.74, 6) is 0. The Bertz CT molecular complexity index is 2250. The SMILES string of the molecule is FC(F)(F)C1Cc2ccccc2N1c1ccc2c(c1)C(c1ccccc1)(c1ccccc1)c1ccc3c(ccc4ccccc43)c1-2. The standard InChI is InChI=1S/C42H28F3N/c43-42(44,45)39-25-28-12-8-10-18-38(28)46(39)31-20-22-35-37(26-31)41(29-13-3-1-4-14-29,30-15-5-2-6-16-30)36-24-23-33-32-17-9-7-11-27(32)19-21-34(33)40(35)36/h1-24,26,39H,25H2. The highest BCUT2D eigenvalue weighted by Crippen LogP contribution is 2.59. The zero-order valence-corrected chi connectivity index (χ0v) is 24.8. The third-order valence-corrected chi connectivity index (χ3v) is 10.1. The van der Waals surface area contributed by atoms with Crippen molar-refractivity contribution in [3.63, 3.8) is 0 Å². The number of fused-ring (bicyclic) bond motifs is 8. The third kappa shape index (κ3) is 3.70. The number of para-hydroxylation sites is 1. The van der Waals surface area contributed by atoms with Crippen LogP contribution in [-0.4, -0.2) is 12.2 Å². The smallest absolute Gasteiger partial charge is 0.329 e. The van der Waals surface area contributed by atoms with Crippen molar-refractivity contribution in [3.8, 4) is 11.1 Å². The molecule has 0 N–H and O–H groups in total. The van der Waals surface area contributed by atoms with Gasteiger partial charge in [-0.2, -0.15) is 13.2 Å².